The summed E-state index contributed by atoms with van der Waals surface area (Å²) >= 11 is 0. The van der Waals surface area contributed by atoms with Gasteiger partial charge < -0.3 is 14.8 Å². The first-order chi connectivity index (χ1) is 11.1. The Morgan fingerprint density at radius 2 is 2.04 bits per heavy atom. The fraction of sp³-hybridized carbons (Fsp3) is 0.235. The first-order valence-corrected chi connectivity index (χ1v) is 7.18. The van der Waals surface area contributed by atoms with Gasteiger partial charge in [0.05, 0.1) is 12.7 Å². The van der Waals surface area contributed by atoms with Crippen molar-refractivity contribution in [3.8, 4) is 5.75 Å². The zero-order chi connectivity index (χ0) is 16.7. The number of ether oxygens (including phenoxy) is 2. The van der Waals surface area contributed by atoms with Crippen LogP contribution in [0.25, 0.3) is 0 Å². The first-order valence-electron chi connectivity index (χ1n) is 7.18. The van der Waals surface area contributed by atoms with E-state index >= 15 is 0 Å². The Kier molecular flexibility index (Phi) is 5.68. The lowest BCUT2D eigenvalue weighted by molar-refractivity contribution is -0.118. The molecule has 23 heavy (non-hydrogen) atoms. The summed E-state index contributed by atoms with van der Waals surface area (Å²) in [7, 11) is 1.29. The number of pyridine rings is 1. The number of carbonyl (C=O) groups excluding carboxylic acids is 2. The molecule has 0 atom stereocenters. The lowest BCUT2D eigenvalue weighted by atomic mass is 10.2. The Hall–Kier alpha value is -2.89. The largest absolute Gasteiger partial charge is 0.484 e. The third-order valence-corrected chi connectivity index (χ3v) is 3.13. The molecule has 0 saturated heterocycles. The second-order valence-electron chi connectivity index (χ2n) is 4.76. The molecule has 6 nitrogen and oxygen atoms in total. The number of hydrogen-bond acceptors (Lipinski definition) is 5. The number of anilines is 1. The minimum absolute atomic E-state index is 0.117. The Morgan fingerprint density at radius 1 is 1.22 bits per heavy atom. The van der Waals surface area contributed by atoms with Crippen LogP contribution in [0, 0.1) is 0 Å². The molecule has 0 unspecified atom stereocenters. The van der Waals surface area contributed by atoms with Crippen LogP contribution >= 0.6 is 0 Å². The van der Waals surface area contributed by atoms with Crippen molar-refractivity contribution in [3.63, 3.8) is 0 Å². The fourth-order valence-corrected chi connectivity index (χ4v) is 1.89. The van der Waals surface area contributed by atoms with Gasteiger partial charge in [-0.15, -0.1) is 0 Å². The van der Waals surface area contributed by atoms with Crippen molar-refractivity contribution in [3.05, 3.63) is 53.7 Å². The van der Waals surface area contributed by atoms with Gasteiger partial charge in [-0.2, -0.15) is 0 Å². The summed E-state index contributed by atoms with van der Waals surface area (Å²) < 4.78 is 10.0. The molecule has 1 aromatic heterocycles. The van der Waals surface area contributed by atoms with Gasteiger partial charge in [0.25, 0.3) is 5.91 Å². The topological polar surface area (TPSA) is 77.5 Å². The zero-order valence-corrected chi connectivity index (χ0v) is 13.0. The van der Waals surface area contributed by atoms with Crippen molar-refractivity contribution < 1.29 is 19.1 Å². The SMILES string of the molecule is CCc1cccc(OCC(=O)Nc2ccc(C(=O)OC)cn2)c1. The van der Waals surface area contributed by atoms with Crippen LogP contribution < -0.4 is 10.1 Å². The molecule has 2 aromatic rings. The molecule has 0 aliphatic carbocycles. The molecule has 0 aliphatic heterocycles. The lowest BCUT2D eigenvalue weighted by Gasteiger charge is -2.08. The molecule has 0 bridgehead atoms. The number of rotatable bonds is 6. The average molecular weight is 314 g/mol. The summed E-state index contributed by atoms with van der Waals surface area (Å²) in [6.07, 6.45) is 2.24. The van der Waals surface area contributed by atoms with Gasteiger partial charge in [0.1, 0.15) is 11.6 Å². The minimum atomic E-state index is -0.477. The standard InChI is InChI=1S/C17H18N2O4/c1-3-12-5-4-6-14(9-12)23-11-16(20)19-15-8-7-13(10-18-15)17(21)22-2/h4-10H,3,11H2,1-2H3,(H,18,19,20). The maximum absolute atomic E-state index is 11.8. The van der Waals surface area contributed by atoms with Crippen LogP contribution in [0.3, 0.4) is 0 Å². The number of methoxy groups -OCH3 is 1. The van der Waals surface area contributed by atoms with E-state index in [2.05, 4.69) is 22.0 Å². The van der Waals surface area contributed by atoms with E-state index in [0.29, 0.717) is 17.1 Å². The summed E-state index contributed by atoms with van der Waals surface area (Å²) in [6, 6.07) is 10.6. The molecule has 0 fully saturated rings. The van der Waals surface area contributed by atoms with Gasteiger partial charge in [-0.25, -0.2) is 9.78 Å². The molecule has 0 radical (unpaired) electrons. The quantitative estimate of drug-likeness (QED) is 0.829. The fourth-order valence-electron chi connectivity index (χ4n) is 1.89. The van der Waals surface area contributed by atoms with E-state index in [1.165, 1.54) is 25.4 Å². The van der Waals surface area contributed by atoms with Crippen LogP contribution in [0.2, 0.25) is 0 Å². The van der Waals surface area contributed by atoms with Crippen molar-refractivity contribution in [1.29, 1.82) is 0 Å². The molecule has 120 valence electrons. The predicted octanol–water partition coefficient (Wildman–Crippen LogP) is 2.45. The smallest absolute Gasteiger partial charge is 0.339 e. The van der Waals surface area contributed by atoms with E-state index in [0.717, 1.165) is 12.0 Å². The maximum atomic E-state index is 11.8. The summed E-state index contributed by atoms with van der Waals surface area (Å²) in [5, 5.41) is 2.60. The van der Waals surface area contributed by atoms with Crippen molar-refractivity contribution in [1.82, 2.24) is 4.98 Å². The van der Waals surface area contributed by atoms with Crippen molar-refractivity contribution >= 4 is 17.7 Å². The molecule has 6 heteroatoms. The predicted molar refractivity (Wildman–Crippen MR) is 85.5 cm³/mol. The second kappa shape index (κ2) is 7.93. The number of esters is 1. The molecule has 0 aliphatic rings. The molecule has 1 N–H and O–H groups in total. The molecular formula is C17H18N2O4. The normalized spacial score (nSPS) is 10.0. The minimum Gasteiger partial charge on any atom is -0.484 e. The molecule has 2 rings (SSSR count). The zero-order valence-electron chi connectivity index (χ0n) is 13.0. The second-order valence-corrected chi connectivity index (χ2v) is 4.76. The number of aryl methyl sites for hydroxylation is 1. The van der Waals surface area contributed by atoms with Crippen LogP contribution in [-0.2, 0) is 16.0 Å². The van der Waals surface area contributed by atoms with Crippen LogP contribution in [0.5, 0.6) is 5.75 Å². The average Bonchev–Trinajstić information content (AvgIpc) is 2.60. The van der Waals surface area contributed by atoms with E-state index in [1.54, 1.807) is 6.07 Å². The van der Waals surface area contributed by atoms with Gasteiger partial charge >= 0.3 is 5.97 Å². The molecule has 1 amide bonds. The van der Waals surface area contributed by atoms with Gasteiger partial charge in [-0.3, -0.25) is 4.79 Å². The van der Waals surface area contributed by atoms with Crippen molar-refractivity contribution in [2.45, 2.75) is 13.3 Å². The van der Waals surface area contributed by atoms with E-state index in [9.17, 15) is 9.59 Å². The summed E-state index contributed by atoms with van der Waals surface area (Å²) in [4.78, 5) is 27.1. The van der Waals surface area contributed by atoms with Gasteiger partial charge in [-0.05, 0) is 36.2 Å². The number of carbonyl (C=O) groups is 2. The van der Waals surface area contributed by atoms with E-state index in [1.807, 2.05) is 18.2 Å². The Morgan fingerprint density at radius 3 is 2.70 bits per heavy atom. The number of nitrogens with zero attached hydrogens (tertiary/aromatic N) is 1. The van der Waals surface area contributed by atoms with Gasteiger partial charge in [0.15, 0.2) is 6.61 Å². The Bertz CT molecular complexity index is 683. The summed E-state index contributed by atoms with van der Waals surface area (Å²) in [5.74, 6) is 0.182. The van der Waals surface area contributed by atoms with Crippen LogP contribution in [0.15, 0.2) is 42.6 Å². The van der Waals surface area contributed by atoms with Crippen LogP contribution in [0.1, 0.15) is 22.8 Å². The number of nitrogens with one attached hydrogen (secondary N) is 1. The number of aromatic nitrogens is 1. The van der Waals surface area contributed by atoms with Crippen LogP contribution in [-0.4, -0.2) is 30.6 Å². The van der Waals surface area contributed by atoms with E-state index < -0.39 is 5.97 Å². The highest BCUT2D eigenvalue weighted by molar-refractivity contribution is 5.92. The molecule has 1 aromatic carbocycles. The molecule has 0 spiro atoms. The third-order valence-electron chi connectivity index (χ3n) is 3.13. The first kappa shape index (κ1) is 16.5. The Balaban J connectivity index is 1.88. The van der Waals surface area contributed by atoms with Crippen LogP contribution in [0.4, 0.5) is 5.82 Å². The van der Waals surface area contributed by atoms with E-state index in [4.69, 9.17) is 4.74 Å². The highest BCUT2D eigenvalue weighted by Gasteiger charge is 2.08. The maximum Gasteiger partial charge on any atom is 0.339 e. The summed E-state index contributed by atoms with van der Waals surface area (Å²) in [6.45, 7) is 1.93. The highest BCUT2D eigenvalue weighted by atomic mass is 16.5. The number of benzene rings is 1. The van der Waals surface area contributed by atoms with E-state index in [-0.39, 0.29) is 12.5 Å². The molecule has 0 saturated carbocycles. The van der Waals surface area contributed by atoms with Gasteiger partial charge in [0.2, 0.25) is 0 Å². The highest BCUT2D eigenvalue weighted by Crippen LogP contribution is 2.13. The van der Waals surface area contributed by atoms with Gasteiger partial charge in [0, 0.05) is 6.20 Å². The van der Waals surface area contributed by atoms with Crippen molar-refractivity contribution in [2.75, 3.05) is 19.0 Å². The van der Waals surface area contributed by atoms with Gasteiger partial charge in [-0.1, -0.05) is 19.1 Å². The van der Waals surface area contributed by atoms with Crippen molar-refractivity contribution in [2.24, 2.45) is 0 Å². The number of amides is 1. The number of hydrogen-bond donors (Lipinski definition) is 1. The molecule has 1 heterocycles. The molecular weight excluding hydrogens is 296 g/mol. The third kappa shape index (κ3) is 4.81. The lowest BCUT2D eigenvalue weighted by Crippen LogP contribution is -2.20. The summed E-state index contributed by atoms with van der Waals surface area (Å²) in [5.41, 5.74) is 1.46. The monoisotopic (exact) mass is 314 g/mol. The Labute approximate surface area is 134 Å².